The van der Waals surface area contributed by atoms with Crippen LogP contribution in [0.25, 0.3) is 0 Å². The molecule has 120 valence electrons. The molecular weight excluding hydrogens is 314 g/mol. The highest BCUT2D eigenvalue weighted by molar-refractivity contribution is 5.68. The van der Waals surface area contributed by atoms with E-state index in [9.17, 15) is 39.9 Å². The Kier molecular flexibility index (Phi) is 4.47. The predicted octanol–water partition coefficient (Wildman–Crippen LogP) is -2.15. The largest absolute Gasteiger partial charge is 0.499 e. The van der Waals surface area contributed by atoms with Crippen LogP contribution in [0.4, 0.5) is 10.7 Å². The van der Waals surface area contributed by atoms with Gasteiger partial charge in [-0.1, -0.05) is 0 Å². The van der Waals surface area contributed by atoms with Crippen LogP contribution in [0, 0.1) is 30.3 Å². The molecule has 0 radical (unpaired) electrons. The second kappa shape index (κ2) is 5.91. The van der Waals surface area contributed by atoms with E-state index in [0.717, 1.165) is 0 Å². The van der Waals surface area contributed by atoms with Crippen LogP contribution >= 0.6 is 0 Å². The molecule has 0 amide bonds. The van der Waals surface area contributed by atoms with Crippen LogP contribution in [0.2, 0.25) is 0 Å². The van der Waals surface area contributed by atoms with Gasteiger partial charge < -0.3 is 15.2 Å². The quantitative estimate of drug-likeness (QED) is 0.308. The monoisotopic (exact) mass is 321 g/mol. The van der Waals surface area contributed by atoms with Crippen molar-refractivity contribution in [1.29, 1.82) is 0 Å². The fourth-order valence-electron chi connectivity index (χ4n) is 1.24. The summed E-state index contributed by atoms with van der Waals surface area (Å²) >= 11 is 0. The Bertz CT molecular complexity index is 634. The average Bonchev–Trinajstić information content (AvgIpc) is 2.69. The van der Waals surface area contributed by atoms with Crippen LogP contribution in [0.3, 0.4) is 0 Å². The van der Waals surface area contributed by atoms with Crippen LogP contribution in [-0.4, -0.2) is 59.5 Å². The van der Waals surface area contributed by atoms with Gasteiger partial charge in [0, 0.05) is 0 Å². The molecule has 1 saturated heterocycles. The van der Waals surface area contributed by atoms with Crippen molar-refractivity contribution in [2.75, 3.05) is 13.1 Å². The molecule has 16 heteroatoms. The summed E-state index contributed by atoms with van der Waals surface area (Å²) in [6.45, 7) is -0.347. The molecule has 0 unspecified atom stereocenters. The molecule has 0 aromatic carbocycles. The Balaban J connectivity index is 0.000000224. The number of nitrogens with zero attached hydrogens (tertiary/aromatic N) is 5. The highest BCUT2D eigenvalue weighted by Crippen LogP contribution is 2.15. The number of hydrogen-bond acceptors (Lipinski definition) is 10. The molecule has 3 N–H and O–H groups in total. The zero-order valence-corrected chi connectivity index (χ0v) is 10.4. The predicted molar refractivity (Wildman–Crippen MR) is 62.5 cm³/mol. The zero-order chi connectivity index (χ0) is 17.1. The number of carboxylic acid groups (broad SMARTS) is 1. The van der Waals surface area contributed by atoms with E-state index in [1.54, 1.807) is 5.10 Å². The molecule has 0 bridgehead atoms. The van der Waals surface area contributed by atoms with E-state index < -0.39 is 38.2 Å². The first-order chi connectivity index (χ1) is 10.1. The third kappa shape index (κ3) is 3.00. The smallest absolute Gasteiger partial charge is 0.451 e. The summed E-state index contributed by atoms with van der Waals surface area (Å²) in [5.74, 6) is -1.05. The van der Waals surface area contributed by atoms with E-state index in [-0.39, 0.29) is 17.8 Å². The van der Waals surface area contributed by atoms with Crippen LogP contribution in [0.15, 0.2) is 4.79 Å². The number of hydrogen-bond donors (Lipinski definition) is 3. The van der Waals surface area contributed by atoms with Gasteiger partial charge in [-0.15, -0.1) is 0 Å². The third-order valence-electron chi connectivity index (χ3n) is 2.46. The second-order valence-electron chi connectivity index (χ2n) is 3.80. The van der Waals surface area contributed by atoms with E-state index in [1.807, 2.05) is 0 Å². The maximum atomic E-state index is 10.4. The number of carbonyl (C=O) groups is 1. The Morgan fingerprint density at radius 2 is 1.73 bits per heavy atom. The van der Waals surface area contributed by atoms with E-state index in [2.05, 4.69) is 10.3 Å². The lowest BCUT2D eigenvalue weighted by atomic mass is 10.1. The molecule has 1 aromatic rings. The Hall–Kier alpha value is -3.43. The minimum atomic E-state index is -1.94. The van der Waals surface area contributed by atoms with Crippen molar-refractivity contribution >= 4 is 12.0 Å². The first kappa shape index (κ1) is 16.6. The Morgan fingerprint density at radius 3 is 1.91 bits per heavy atom. The highest BCUT2D eigenvalue weighted by atomic mass is 16.7. The summed E-state index contributed by atoms with van der Waals surface area (Å²) in [6, 6.07) is 0. The van der Waals surface area contributed by atoms with Crippen LogP contribution in [0.1, 0.15) is 0 Å². The van der Waals surface area contributed by atoms with Crippen molar-refractivity contribution in [3.05, 3.63) is 40.8 Å². The molecule has 22 heavy (non-hydrogen) atoms. The lowest BCUT2D eigenvalue weighted by molar-refractivity contribution is -0.802. The van der Waals surface area contributed by atoms with Gasteiger partial charge in [0.05, 0.1) is 0 Å². The lowest BCUT2D eigenvalue weighted by Gasteiger charge is -2.24. The van der Waals surface area contributed by atoms with Gasteiger partial charge >= 0.3 is 23.4 Å². The summed E-state index contributed by atoms with van der Waals surface area (Å²) in [4.78, 5) is 50.7. The number of aromatic nitrogens is 3. The number of aromatic amines is 1. The fraction of sp³-hybridized carbons (Fsp3) is 0.500. The van der Waals surface area contributed by atoms with Crippen LogP contribution in [-0.2, 0) is 0 Å². The number of nitro groups is 3. The standard InChI is InChI=1S/C3H2N4O5.C3H5N3O4/c8-1-4-2(7(11)12)6(5-1)3(9)10;7-5(8)3(6(9)10)1-4-2-3/h(H,5,8)(H,9,10);4H,1-2H2. The van der Waals surface area contributed by atoms with Crippen molar-refractivity contribution in [2.45, 2.75) is 5.66 Å². The molecule has 2 heterocycles. The molecule has 1 aromatic heterocycles. The molecule has 16 nitrogen and oxygen atoms in total. The van der Waals surface area contributed by atoms with Crippen molar-refractivity contribution in [1.82, 2.24) is 20.1 Å². The summed E-state index contributed by atoms with van der Waals surface area (Å²) in [5.41, 5.74) is -3.02. The topological polar surface area (TPSA) is 229 Å². The summed E-state index contributed by atoms with van der Waals surface area (Å²) < 4.78 is 0.0301. The Morgan fingerprint density at radius 1 is 1.23 bits per heavy atom. The molecule has 1 aliphatic rings. The number of rotatable bonds is 3. The molecule has 0 spiro atoms. The maximum Gasteiger partial charge on any atom is 0.499 e. The molecule has 1 fully saturated rings. The van der Waals surface area contributed by atoms with Crippen molar-refractivity contribution in [3.63, 3.8) is 0 Å². The first-order valence-corrected chi connectivity index (χ1v) is 5.18. The molecule has 2 rings (SSSR count). The Labute approximate surface area is 117 Å². The minimum Gasteiger partial charge on any atom is -0.451 e. The van der Waals surface area contributed by atoms with Gasteiger partial charge in [-0.3, -0.25) is 25.5 Å². The van der Waals surface area contributed by atoms with Gasteiger partial charge in [-0.25, -0.2) is 9.59 Å². The van der Waals surface area contributed by atoms with E-state index in [1.165, 1.54) is 0 Å². The van der Waals surface area contributed by atoms with Crippen molar-refractivity contribution < 1.29 is 24.7 Å². The SMILES string of the molecule is O=C(O)n1[nH]c(=O)nc1[N+](=O)[O-].O=[N+]([O-])C1([N+](=O)[O-])CNC1. The van der Waals surface area contributed by atoms with Gasteiger partial charge in [0.1, 0.15) is 22.9 Å². The summed E-state index contributed by atoms with van der Waals surface area (Å²) in [7, 11) is 0. The van der Waals surface area contributed by atoms with Crippen molar-refractivity contribution in [2.24, 2.45) is 0 Å². The number of nitrogens with one attached hydrogen (secondary N) is 2. The normalized spacial score (nSPS) is 14.9. The van der Waals surface area contributed by atoms with E-state index in [0.29, 0.717) is 0 Å². The van der Waals surface area contributed by atoms with E-state index >= 15 is 0 Å². The van der Waals surface area contributed by atoms with Crippen molar-refractivity contribution in [3.8, 4) is 0 Å². The molecule has 0 saturated carbocycles. The molecule has 0 atom stereocenters. The molecule has 0 aliphatic carbocycles. The zero-order valence-electron chi connectivity index (χ0n) is 10.4. The first-order valence-electron chi connectivity index (χ1n) is 5.18. The third-order valence-corrected chi connectivity index (χ3v) is 2.46. The van der Waals surface area contributed by atoms with Crippen LogP contribution < -0.4 is 11.0 Å². The maximum absolute atomic E-state index is 10.4. The van der Waals surface area contributed by atoms with Gasteiger partial charge in [-0.05, 0) is 14.6 Å². The van der Waals surface area contributed by atoms with Gasteiger partial charge in [0.2, 0.25) is 0 Å². The van der Waals surface area contributed by atoms with E-state index in [4.69, 9.17) is 5.11 Å². The summed E-state index contributed by atoms with van der Waals surface area (Å²) in [5, 5.41) is 42.6. The fourth-order valence-corrected chi connectivity index (χ4v) is 1.24. The second-order valence-corrected chi connectivity index (χ2v) is 3.80. The van der Waals surface area contributed by atoms with Crippen LogP contribution in [0.5, 0.6) is 0 Å². The minimum absolute atomic E-state index is 0.0301. The van der Waals surface area contributed by atoms with Gasteiger partial charge in [-0.2, -0.15) is 5.10 Å². The molecular formula is C6H7N7O9. The highest BCUT2D eigenvalue weighted by Gasteiger charge is 2.62. The molecule has 1 aliphatic heterocycles. The lowest BCUT2D eigenvalue weighted by Crippen LogP contribution is -2.68. The average molecular weight is 321 g/mol. The summed E-state index contributed by atoms with van der Waals surface area (Å²) in [6.07, 6.45) is -1.67. The van der Waals surface area contributed by atoms with Gasteiger partial charge in [0.15, 0.2) is 0 Å². The van der Waals surface area contributed by atoms with Gasteiger partial charge in [0.25, 0.3) is 0 Å². The number of H-pyrrole nitrogens is 1.